The number of aromatic nitrogens is 3. The Kier molecular flexibility index (Phi) is 12.4. The first-order valence-electron chi connectivity index (χ1n) is 19.9. The molecule has 2 amide bonds. The lowest BCUT2D eigenvalue weighted by Gasteiger charge is -2.34. The highest BCUT2D eigenvalue weighted by Crippen LogP contribution is 2.32. The number of ether oxygens (including phenoxy) is 1. The highest BCUT2D eigenvalue weighted by atomic mass is 19.1. The van der Waals surface area contributed by atoms with Gasteiger partial charge in [0.2, 0.25) is 0 Å². The number of nitrogens with one attached hydrogen (secondary N) is 4. The standard InChI is InChI=1S/C44H53FN8O3/c1-5-40-37(41(50-35-12-16-56-17-13-35)38-26-49-53(6-2)42(38)51-40)25-48-44(55)34-19-28(3)18-33(22-34)43(54)47-24-30-10-11-39(45)36(21-30)32-9-7-8-31(20-32)27-52-15-14-46-23-29(52)4/h7-11,18-22,26,29,35,46H,5-6,12-17,23-25,27H2,1-4H3,(H,47,54)(H,48,55)(H,50,51)/t29-/m0/s1. The van der Waals surface area contributed by atoms with Gasteiger partial charge in [-0.2, -0.15) is 5.10 Å². The first-order chi connectivity index (χ1) is 27.2. The number of anilines is 1. The van der Waals surface area contributed by atoms with E-state index < -0.39 is 0 Å². The summed E-state index contributed by atoms with van der Waals surface area (Å²) < 4.78 is 22.7. The van der Waals surface area contributed by atoms with Gasteiger partial charge in [-0.1, -0.05) is 31.2 Å². The van der Waals surface area contributed by atoms with Crippen molar-refractivity contribution < 1.29 is 18.7 Å². The van der Waals surface area contributed by atoms with Crippen molar-refractivity contribution in [2.24, 2.45) is 0 Å². The highest BCUT2D eigenvalue weighted by molar-refractivity contribution is 6.00. The van der Waals surface area contributed by atoms with Crippen molar-refractivity contribution in [2.45, 2.75) is 85.2 Å². The van der Waals surface area contributed by atoms with E-state index in [1.54, 1.807) is 30.3 Å². The number of amides is 2. The van der Waals surface area contributed by atoms with Gasteiger partial charge in [0, 0.05) is 99.1 Å². The smallest absolute Gasteiger partial charge is 0.251 e. The molecule has 2 saturated heterocycles. The Balaban J connectivity index is 1.04. The molecule has 2 fully saturated rings. The first kappa shape index (κ1) is 39.1. The summed E-state index contributed by atoms with van der Waals surface area (Å²) in [5, 5.41) is 18.8. The predicted molar refractivity (Wildman–Crippen MR) is 218 cm³/mol. The third kappa shape index (κ3) is 8.93. The second-order valence-electron chi connectivity index (χ2n) is 15.0. The maximum atomic E-state index is 15.2. The van der Waals surface area contributed by atoms with E-state index >= 15 is 4.39 Å². The Morgan fingerprint density at radius 1 is 0.964 bits per heavy atom. The summed E-state index contributed by atoms with van der Waals surface area (Å²) in [5.41, 5.74) is 8.35. The molecule has 0 spiro atoms. The van der Waals surface area contributed by atoms with E-state index in [0.29, 0.717) is 48.9 Å². The number of piperazine rings is 1. The van der Waals surface area contributed by atoms with Crippen molar-refractivity contribution in [1.82, 2.24) is 35.6 Å². The number of carbonyl (C=O) groups excluding carboxylic acids is 2. The minimum Gasteiger partial charge on any atom is -0.381 e. The fourth-order valence-electron chi connectivity index (χ4n) is 7.79. The zero-order chi connectivity index (χ0) is 39.2. The summed E-state index contributed by atoms with van der Waals surface area (Å²) in [6, 6.07) is 18.8. The number of nitrogens with zero attached hydrogens (tertiary/aromatic N) is 4. The summed E-state index contributed by atoms with van der Waals surface area (Å²) in [4.78, 5) is 34.7. The SMILES string of the molecule is CCc1nc2c(cnn2CC)c(NC2CCOCC2)c1CNC(=O)c1cc(C)cc(C(=O)NCc2ccc(F)c(-c3cccc(CN4CCNC[C@@H]4C)c3)c2)c1. The number of benzene rings is 3. The minimum atomic E-state index is -0.320. The zero-order valence-electron chi connectivity index (χ0n) is 32.9. The van der Waals surface area contributed by atoms with Crippen LogP contribution >= 0.6 is 0 Å². The van der Waals surface area contributed by atoms with Crippen LogP contribution in [0.5, 0.6) is 0 Å². The lowest BCUT2D eigenvalue weighted by molar-refractivity contribution is 0.0904. The number of fused-ring (bicyclic) bond motifs is 1. The number of hydrogen-bond donors (Lipinski definition) is 4. The monoisotopic (exact) mass is 760 g/mol. The Labute approximate surface area is 328 Å². The Morgan fingerprint density at radius 3 is 2.46 bits per heavy atom. The Hall–Kier alpha value is -5.17. The number of carbonyl (C=O) groups is 2. The third-order valence-electron chi connectivity index (χ3n) is 10.9. The second-order valence-corrected chi connectivity index (χ2v) is 15.0. The molecule has 0 radical (unpaired) electrons. The van der Waals surface area contributed by atoms with Crippen LogP contribution < -0.4 is 21.3 Å². The van der Waals surface area contributed by atoms with Gasteiger partial charge >= 0.3 is 0 Å². The molecule has 12 heteroatoms. The van der Waals surface area contributed by atoms with Gasteiger partial charge in [0.05, 0.1) is 17.3 Å². The second kappa shape index (κ2) is 17.7. The number of hydrogen-bond acceptors (Lipinski definition) is 8. The average molecular weight is 761 g/mol. The number of rotatable bonds is 13. The van der Waals surface area contributed by atoms with Crippen molar-refractivity contribution in [3.8, 4) is 11.1 Å². The van der Waals surface area contributed by atoms with Crippen molar-refractivity contribution in [1.29, 1.82) is 0 Å². The quantitative estimate of drug-likeness (QED) is 0.109. The van der Waals surface area contributed by atoms with Crippen LogP contribution in [0.1, 0.15) is 82.3 Å². The van der Waals surface area contributed by atoms with Gasteiger partial charge < -0.3 is 26.0 Å². The summed E-state index contributed by atoms with van der Waals surface area (Å²) in [6.07, 6.45) is 4.31. The molecule has 0 aliphatic carbocycles. The average Bonchev–Trinajstić information content (AvgIpc) is 3.63. The van der Waals surface area contributed by atoms with Crippen LogP contribution in [0.15, 0.2) is 66.9 Å². The number of halogens is 1. The fourth-order valence-corrected chi connectivity index (χ4v) is 7.79. The van der Waals surface area contributed by atoms with Crippen LogP contribution in [-0.2, 0) is 37.3 Å². The molecule has 2 aliphatic heterocycles. The largest absolute Gasteiger partial charge is 0.381 e. The van der Waals surface area contributed by atoms with Gasteiger partial charge in [0.1, 0.15) is 5.82 Å². The predicted octanol–water partition coefficient (Wildman–Crippen LogP) is 6.37. The number of pyridine rings is 1. The molecule has 5 aromatic rings. The Bertz CT molecular complexity index is 2200. The molecule has 56 heavy (non-hydrogen) atoms. The van der Waals surface area contributed by atoms with E-state index in [1.807, 2.05) is 36.9 Å². The molecule has 4 N–H and O–H groups in total. The molecular formula is C44H53FN8O3. The normalized spacial score (nSPS) is 16.6. The van der Waals surface area contributed by atoms with Crippen LogP contribution in [-0.4, -0.2) is 76.4 Å². The van der Waals surface area contributed by atoms with E-state index in [9.17, 15) is 9.59 Å². The summed E-state index contributed by atoms with van der Waals surface area (Å²) in [7, 11) is 0. The molecule has 11 nitrogen and oxygen atoms in total. The molecule has 1 atom stereocenters. The summed E-state index contributed by atoms with van der Waals surface area (Å²) >= 11 is 0. The molecule has 3 aromatic carbocycles. The molecular weight excluding hydrogens is 708 g/mol. The maximum absolute atomic E-state index is 15.2. The zero-order valence-corrected chi connectivity index (χ0v) is 32.9. The van der Waals surface area contributed by atoms with Crippen molar-refractivity contribution >= 4 is 28.5 Å². The van der Waals surface area contributed by atoms with Gasteiger partial charge in [-0.05, 0) is 98.7 Å². The van der Waals surface area contributed by atoms with Gasteiger partial charge in [0.25, 0.3) is 11.8 Å². The molecule has 2 aromatic heterocycles. The van der Waals surface area contributed by atoms with Gasteiger partial charge in [-0.25, -0.2) is 14.1 Å². The lowest BCUT2D eigenvalue weighted by Crippen LogP contribution is -2.49. The molecule has 4 heterocycles. The fraction of sp³-hybridized carbons (Fsp3) is 0.409. The van der Waals surface area contributed by atoms with Gasteiger partial charge in [0.15, 0.2) is 5.65 Å². The van der Waals surface area contributed by atoms with Gasteiger partial charge in [-0.3, -0.25) is 14.5 Å². The molecule has 2 aliphatic rings. The van der Waals surface area contributed by atoms with E-state index in [0.717, 1.165) is 89.3 Å². The van der Waals surface area contributed by atoms with E-state index in [-0.39, 0.29) is 36.8 Å². The van der Waals surface area contributed by atoms with Crippen LogP contribution in [0.3, 0.4) is 0 Å². The summed E-state index contributed by atoms with van der Waals surface area (Å²) in [5.74, 6) is -0.922. The highest BCUT2D eigenvalue weighted by Gasteiger charge is 2.23. The van der Waals surface area contributed by atoms with E-state index in [4.69, 9.17) is 9.72 Å². The molecule has 0 saturated carbocycles. The maximum Gasteiger partial charge on any atom is 0.251 e. The van der Waals surface area contributed by atoms with E-state index in [1.165, 1.54) is 6.07 Å². The summed E-state index contributed by atoms with van der Waals surface area (Å²) in [6.45, 7) is 14.4. The minimum absolute atomic E-state index is 0.201. The van der Waals surface area contributed by atoms with Gasteiger partial charge in [-0.15, -0.1) is 0 Å². The molecule has 0 bridgehead atoms. The third-order valence-corrected chi connectivity index (χ3v) is 10.9. The Morgan fingerprint density at radius 2 is 1.73 bits per heavy atom. The first-order valence-corrected chi connectivity index (χ1v) is 19.9. The van der Waals surface area contributed by atoms with Crippen molar-refractivity contribution in [3.63, 3.8) is 0 Å². The lowest BCUT2D eigenvalue weighted by atomic mass is 9.99. The van der Waals surface area contributed by atoms with Crippen LogP contribution in [0.25, 0.3) is 22.2 Å². The van der Waals surface area contributed by atoms with E-state index in [2.05, 4.69) is 57.2 Å². The van der Waals surface area contributed by atoms with Crippen molar-refractivity contribution in [3.05, 3.63) is 112 Å². The van der Waals surface area contributed by atoms with Crippen LogP contribution in [0.2, 0.25) is 0 Å². The number of aryl methyl sites for hydroxylation is 3. The van der Waals surface area contributed by atoms with Crippen LogP contribution in [0, 0.1) is 12.7 Å². The molecule has 0 unspecified atom stereocenters. The molecule has 294 valence electrons. The van der Waals surface area contributed by atoms with Crippen LogP contribution in [0.4, 0.5) is 10.1 Å². The van der Waals surface area contributed by atoms with Crippen molar-refractivity contribution in [2.75, 3.05) is 38.2 Å². The topological polar surface area (TPSA) is 125 Å². The molecule has 7 rings (SSSR count).